The maximum Gasteiger partial charge on any atom is 0.211 e. The fraction of sp³-hybridized carbons (Fsp3) is 0.500. The molecule has 2 aliphatic rings. The summed E-state index contributed by atoms with van der Waals surface area (Å²) in [4.78, 5) is 9.19. The Morgan fingerprint density at radius 3 is 2.46 bits per heavy atom. The number of aliphatic hydroxyl groups excluding tert-OH is 1. The highest BCUT2D eigenvalue weighted by atomic mass is 35.5. The van der Waals surface area contributed by atoms with E-state index in [0.717, 1.165) is 37.0 Å². The molecule has 3 atom stereocenters. The van der Waals surface area contributed by atoms with E-state index in [0.29, 0.717) is 29.5 Å². The molecule has 1 aliphatic heterocycles. The highest BCUT2D eigenvalue weighted by Crippen LogP contribution is 2.51. The van der Waals surface area contributed by atoms with Crippen molar-refractivity contribution in [2.24, 2.45) is 17.8 Å². The molecule has 1 saturated carbocycles. The van der Waals surface area contributed by atoms with Gasteiger partial charge in [-0.05, 0) is 29.9 Å². The lowest BCUT2D eigenvalue weighted by Gasteiger charge is -2.17. The number of rotatable bonds is 5. The van der Waals surface area contributed by atoms with Gasteiger partial charge in [0.05, 0.1) is 5.69 Å². The Morgan fingerprint density at radius 1 is 1.21 bits per heavy atom. The van der Waals surface area contributed by atoms with E-state index in [-0.39, 0.29) is 0 Å². The van der Waals surface area contributed by atoms with Crippen LogP contribution in [0.3, 0.4) is 0 Å². The van der Waals surface area contributed by atoms with Crippen LogP contribution in [0, 0.1) is 17.8 Å². The molecule has 1 unspecified atom stereocenters. The van der Waals surface area contributed by atoms with Gasteiger partial charge in [-0.1, -0.05) is 29.8 Å². The topological polar surface area (TPSA) is 44.5 Å². The summed E-state index contributed by atoms with van der Waals surface area (Å²) in [6.45, 7) is 3.19. The first-order valence-electron chi connectivity index (χ1n) is 8.43. The van der Waals surface area contributed by atoms with E-state index < -0.39 is 0 Å². The smallest absolute Gasteiger partial charge is 0.211 e. The Labute approximate surface area is 147 Å². The molecule has 0 bridgehead atoms. The van der Waals surface area contributed by atoms with Gasteiger partial charge in [-0.25, -0.2) is 4.98 Å². The van der Waals surface area contributed by atoms with Gasteiger partial charge in [0.15, 0.2) is 0 Å². The number of halogens is 1. The lowest BCUT2D eigenvalue weighted by atomic mass is 10.2. The van der Waals surface area contributed by atoms with Crippen LogP contribution in [-0.2, 0) is 6.54 Å². The standard InChI is InChI=1S/C18H23ClN4O/c1-21(2)18-20-16(10-22-8-13-14(9-22)15(13)11-24)17(19)23(18)12-6-4-3-5-7-12/h3-7,13-15,24H,8-11H2,1-2H3/t13-,14+,15?. The molecule has 5 nitrogen and oxygen atoms in total. The predicted molar refractivity (Wildman–Crippen MR) is 95.7 cm³/mol. The number of hydrogen-bond acceptors (Lipinski definition) is 4. The largest absolute Gasteiger partial charge is 0.396 e. The Bertz CT molecular complexity index is 718. The minimum atomic E-state index is 0.331. The van der Waals surface area contributed by atoms with Crippen LogP contribution < -0.4 is 4.90 Å². The zero-order valence-electron chi connectivity index (χ0n) is 14.1. The third-order valence-electron chi connectivity index (χ3n) is 5.31. The highest BCUT2D eigenvalue weighted by Gasteiger charge is 2.54. The second-order valence-electron chi connectivity index (χ2n) is 7.08. The Balaban J connectivity index is 1.59. The van der Waals surface area contributed by atoms with Crippen molar-refractivity contribution >= 4 is 17.5 Å². The maximum absolute atomic E-state index is 9.30. The second kappa shape index (κ2) is 6.06. The number of aromatic nitrogens is 2. The summed E-state index contributed by atoms with van der Waals surface area (Å²) < 4.78 is 2.00. The number of likely N-dealkylation sites (tertiary alicyclic amines) is 1. The average Bonchev–Trinajstić information content (AvgIpc) is 2.90. The van der Waals surface area contributed by atoms with Crippen LogP contribution in [0.1, 0.15) is 5.69 Å². The van der Waals surface area contributed by atoms with Crippen molar-refractivity contribution < 1.29 is 5.11 Å². The number of anilines is 1. The molecule has 1 N–H and O–H groups in total. The summed E-state index contributed by atoms with van der Waals surface area (Å²) in [5, 5.41) is 9.98. The number of hydrogen-bond donors (Lipinski definition) is 1. The molecule has 2 fully saturated rings. The molecule has 2 heterocycles. The Morgan fingerprint density at radius 2 is 1.88 bits per heavy atom. The summed E-state index contributed by atoms with van der Waals surface area (Å²) in [5.41, 5.74) is 1.95. The molecule has 1 saturated heterocycles. The van der Waals surface area contributed by atoms with Crippen LogP contribution in [0.4, 0.5) is 5.95 Å². The molecule has 1 aromatic heterocycles. The summed E-state index contributed by atoms with van der Waals surface area (Å²) in [6, 6.07) is 10.1. The van der Waals surface area contributed by atoms with Crippen LogP contribution in [0.25, 0.3) is 5.69 Å². The van der Waals surface area contributed by atoms with E-state index in [1.807, 2.05) is 53.9 Å². The van der Waals surface area contributed by atoms with Crippen molar-refractivity contribution in [2.75, 3.05) is 38.7 Å². The van der Waals surface area contributed by atoms with E-state index in [2.05, 4.69) is 4.90 Å². The van der Waals surface area contributed by atoms with Crippen molar-refractivity contribution in [3.8, 4) is 5.69 Å². The molecule has 128 valence electrons. The first-order chi connectivity index (χ1) is 11.6. The van der Waals surface area contributed by atoms with Gasteiger partial charge in [-0.2, -0.15) is 0 Å². The van der Waals surface area contributed by atoms with Crippen molar-refractivity contribution in [3.05, 3.63) is 41.2 Å². The normalized spacial score (nSPS) is 25.8. The molecule has 6 heteroatoms. The monoisotopic (exact) mass is 346 g/mol. The van der Waals surface area contributed by atoms with Crippen molar-refractivity contribution in [1.82, 2.24) is 14.5 Å². The number of piperidine rings is 1. The zero-order chi connectivity index (χ0) is 16.8. The fourth-order valence-electron chi connectivity index (χ4n) is 3.99. The molecular formula is C18H23ClN4O. The van der Waals surface area contributed by atoms with Gasteiger partial charge < -0.3 is 10.0 Å². The van der Waals surface area contributed by atoms with E-state index in [1.165, 1.54) is 0 Å². The lowest BCUT2D eigenvalue weighted by molar-refractivity contribution is 0.216. The fourth-order valence-corrected chi connectivity index (χ4v) is 4.26. The quantitative estimate of drug-likeness (QED) is 0.902. The highest BCUT2D eigenvalue weighted by molar-refractivity contribution is 6.30. The van der Waals surface area contributed by atoms with Crippen molar-refractivity contribution in [3.63, 3.8) is 0 Å². The van der Waals surface area contributed by atoms with Crippen LogP contribution in [0.15, 0.2) is 30.3 Å². The van der Waals surface area contributed by atoms with Gasteiger partial charge in [0, 0.05) is 46.0 Å². The first kappa shape index (κ1) is 15.9. The molecule has 4 rings (SSSR count). The zero-order valence-corrected chi connectivity index (χ0v) is 14.8. The van der Waals surface area contributed by atoms with Gasteiger partial charge in [0.1, 0.15) is 5.15 Å². The number of aliphatic hydroxyl groups is 1. The SMILES string of the molecule is CN(C)c1nc(CN2C[C@@H]3C(CO)[C@@H]3C2)c(Cl)n1-c1ccccc1. The summed E-state index contributed by atoms with van der Waals surface area (Å²) >= 11 is 6.70. The van der Waals surface area contributed by atoms with E-state index in [4.69, 9.17) is 16.6 Å². The molecule has 1 aromatic carbocycles. The first-order valence-corrected chi connectivity index (χ1v) is 8.81. The summed E-state index contributed by atoms with van der Waals surface area (Å²) in [7, 11) is 3.97. The maximum atomic E-state index is 9.30. The summed E-state index contributed by atoms with van der Waals surface area (Å²) in [6.07, 6.45) is 0. The lowest BCUT2D eigenvalue weighted by Crippen LogP contribution is -2.25. The van der Waals surface area contributed by atoms with Gasteiger partial charge in [0.25, 0.3) is 0 Å². The third-order valence-corrected chi connectivity index (χ3v) is 5.70. The predicted octanol–water partition coefficient (Wildman–Crippen LogP) is 2.26. The third kappa shape index (κ3) is 2.61. The van der Waals surface area contributed by atoms with Crippen LogP contribution >= 0.6 is 11.6 Å². The molecular weight excluding hydrogens is 324 g/mol. The molecule has 1 aliphatic carbocycles. The molecule has 24 heavy (non-hydrogen) atoms. The minimum absolute atomic E-state index is 0.331. The average molecular weight is 347 g/mol. The minimum Gasteiger partial charge on any atom is -0.396 e. The van der Waals surface area contributed by atoms with E-state index in [1.54, 1.807) is 0 Å². The molecule has 2 aromatic rings. The molecule has 0 amide bonds. The number of nitrogens with zero attached hydrogens (tertiary/aromatic N) is 4. The summed E-state index contributed by atoms with van der Waals surface area (Å²) in [5.74, 6) is 2.70. The second-order valence-corrected chi connectivity index (χ2v) is 7.44. The Hall–Kier alpha value is -1.56. The van der Waals surface area contributed by atoms with E-state index >= 15 is 0 Å². The van der Waals surface area contributed by atoms with Gasteiger partial charge in [-0.15, -0.1) is 0 Å². The van der Waals surface area contributed by atoms with Gasteiger partial charge in [-0.3, -0.25) is 9.47 Å². The number of fused-ring (bicyclic) bond motifs is 1. The van der Waals surface area contributed by atoms with Gasteiger partial charge >= 0.3 is 0 Å². The van der Waals surface area contributed by atoms with Crippen LogP contribution in [-0.4, -0.2) is 53.3 Å². The van der Waals surface area contributed by atoms with Crippen molar-refractivity contribution in [2.45, 2.75) is 6.54 Å². The Kier molecular flexibility index (Phi) is 4.03. The van der Waals surface area contributed by atoms with E-state index in [9.17, 15) is 5.11 Å². The number of para-hydroxylation sites is 1. The van der Waals surface area contributed by atoms with Crippen molar-refractivity contribution in [1.29, 1.82) is 0 Å². The van der Waals surface area contributed by atoms with Gasteiger partial charge in [0.2, 0.25) is 5.95 Å². The number of imidazole rings is 1. The van der Waals surface area contributed by atoms with Crippen LogP contribution in [0.5, 0.6) is 0 Å². The molecule has 0 spiro atoms. The molecule has 0 radical (unpaired) electrons. The number of benzene rings is 1. The van der Waals surface area contributed by atoms with Crippen LogP contribution in [0.2, 0.25) is 5.15 Å².